The van der Waals surface area contributed by atoms with Crippen molar-refractivity contribution in [2.45, 2.75) is 0 Å². The third-order valence-electron chi connectivity index (χ3n) is 1.81. The van der Waals surface area contributed by atoms with Gasteiger partial charge in [0.25, 0.3) is 0 Å². The molecule has 1 N–H and O–H groups in total. The summed E-state index contributed by atoms with van der Waals surface area (Å²) in [6.45, 7) is 0. The summed E-state index contributed by atoms with van der Waals surface area (Å²) in [5.41, 5.74) is 0.448. The van der Waals surface area contributed by atoms with Crippen molar-refractivity contribution in [3.05, 3.63) is 23.2 Å². The van der Waals surface area contributed by atoms with E-state index in [0.29, 0.717) is 10.7 Å². The zero-order valence-corrected chi connectivity index (χ0v) is 8.39. The minimum Gasteiger partial charge on any atom is -0.475 e. The maximum atomic E-state index is 10.6. The number of carboxylic acid groups (broad SMARTS) is 1. The van der Waals surface area contributed by atoms with Gasteiger partial charge in [0.1, 0.15) is 5.69 Å². The van der Waals surface area contributed by atoms with E-state index in [1.165, 1.54) is 10.9 Å². The van der Waals surface area contributed by atoms with Gasteiger partial charge in [-0.05, 0) is 0 Å². The van der Waals surface area contributed by atoms with Crippen molar-refractivity contribution in [2.75, 3.05) is 0 Å². The molecule has 0 amide bonds. The molecule has 78 valence electrons. The summed E-state index contributed by atoms with van der Waals surface area (Å²) in [4.78, 5) is 14.4. The highest BCUT2D eigenvalue weighted by molar-refractivity contribution is 6.32. The SMILES string of the molecule is Cn1ncc(Cl)c1-c1ncc(C(=O)O)o1. The van der Waals surface area contributed by atoms with E-state index in [2.05, 4.69) is 10.1 Å². The first-order chi connectivity index (χ1) is 7.09. The number of carboxylic acids is 1. The maximum Gasteiger partial charge on any atom is 0.373 e. The van der Waals surface area contributed by atoms with E-state index in [1.54, 1.807) is 7.05 Å². The Morgan fingerprint density at radius 1 is 1.60 bits per heavy atom. The Morgan fingerprint density at radius 2 is 2.33 bits per heavy atom. The number of nitrogens with zero attached hydrogens (tertiary/aromatic N) is 3. The van der Waals surface area contributed by atoms with Crippen molar-refractivity contribution in [3.8, 4) is 11.6 Å². The third-order valence-corrected chi connectivity index (χ3v) is 2.09. The predicted octanol–water partition coefficient (Wildman–Crippen LogP) is 1.43. The molecule has 0 aliphatic rings. The van der Waals surface area contributed by atoms with Crippen LogP contribution in [0.5, 0.6) is 0 Å². The van der Waals surface area contributed by atoms with Crippen LogP contribution in [-0.4, -0.2) is 25.8 Å². The van der Waals surface area contributed by atoms with Gasteiger partial charge in [-0.15, -0.1) is 0 Å². The number of hydrogen-bond donors (Lipinski definition) is 1. The molecule has 0 fully saturated rings. The molecule has 0 unspecified atom stereocenters. The molecule has 0 saturated carbocycles. The smallest absolute Gasteiger partial charge is 0.373 e. The van der Waals surface area contributed by atoms with Gasteiger partial charge in [0.05, 0.1) is 17.4 Å². The van der Waals surface area contributed by atoms with Gasteiger partial charge >= 0.3 is 5.97 Å². The number of aromatic carboxylic acids is 1. The summed E-state index contributed by atoms with van der Waals surface area (Å²) >= 11 is 5.84. The van der Waals surface area contributed by atoms with Gasteiger partial charge in [0, 0.05) is 7.05 Å². The minimum absolute atomic E-state index is 0.136. The van der Waals surface area contributed by atoms with Crippen molar-refractivity contribution in [1.29, 1.82) is 0 Å². The second-order valence-electron chi connectivity index (χ2n) is 2.80. The molecule has 0 aliphatic heterocycles. The van der Waals surface area contributed by atoms with Crippen LogP contribution in [-0.2, 0) is 7.05 Å². The molecule has 6 nitrogen and oxygen atoms in total. The lowest BCUT2D eigenvalue weighted by atomic mass is 10.4. The maximum absolute atomic E-state index is 10.6. The molecule has 2 rings (SSSR count). The van der Waals surface area contributed by atoms with E-state index in [1.807, 2.05) is 0 Å². The van der Waals surface area contributed by atoms with Crippen molar-refractivity contribution < 1.29 is 14.3 Å². The van der Waals surface area contributed by atoms with Crippen LogP contribution in [0.2, 0.25) is 5.02 Å². The van der Waals surface area contributed by atoms with E-state index < -0.39 is 5.97 Å². The molecule has 0 aromatic carbocycles. The molecule has 15 heavy (non-hydrogen) atoms. The fraction of sp³-hybridized carbons (Fsp3) is 0.125. The lowest BCUT2D eigenvalue weighted by molar-refractivity contribution is 0.0663. The van der Waals surface area contributed by atoms with Crippen LogP contribution in [0, 0.1) is 0 Å². The Kier molecular flexibility index (Phi) is 2.20. The molecular formula is C8H6ClN3O3. The number of hydrogen-bond acceptors (Lipinski definition) is 4. The molecule has 0 aliphatic carbocycles. The van der Waals surface area contributed by atoms with Crippen molar-refractivity contribution in [3.63, 3.8) is 0 Å². The van der Waals surface area contributed by atoms with E-state index >= 15 is 0 Å². The molecule has 2 aromatic heterocycles. The molecule has 0 radical (unpaired) electrons. The van der Waals surface area contributed by atoms with Gasteiger partial charge in [-0.1, -0.05) is 11.6 Å². The number of oxazole rings is 1. The normalized spacial score (nSPS) is 10.5. The van der Waals surface area contributed by atoms with Crippen LogP contribution in [0.4, 0.5) is 0 Å². The average Bonchev–Trinajstić information content (AvgIpc) is 2.73. The summed E-state index contributed by atoms with van der Waals surface area (Å²) in [5, 5.41) is 12.9. The third kappa shape index (κ3) is 1.59. The van der Waals surface area contributed by atoms with Crippen molar-refractivity contribution in [2.24, 2.45) is 7.05 Å². The number of rotatable bonds is 2. The van der Waals surface area contributed by atoms with Gasteiger partial charge in [-0.25, -0.2) is 9.78 Å². The largest absolute Gasteiger partial charge is 0.475 e. The summed E-state index contributed by atoms with van der Waals surface area (Å²) < 4.78 is 6.45. The molecule has 2 heterocycles. The van der Waals surface area contributed by atoms with Gasteiger partial charge in [0.15, 0.2) is 0 Å². The highest BCUT2D eigenvalue weighted by Gasteiger charge is 2.17. The summed E-state index contributed by atoms with van der Waals surface area (Å²) in [7, 11) is 1.66. The first kappa shape index (κ1) is 9.72. The van der Waals surface area contributed by atoms with E-state index in [4.69, 9.17) is 21.1 Å². The lowest BCUT2D eigenvalue weighted by Gasteiger charge is -1.95. The topological polar surface area (TPSA) is 81.2 Å². The monoisotopic (exact) mass is 227 g/mol. The number of halogens is 1. The van der Waals surface area contributed by atoms with Crippen LogP contribution in [0.3, 0.4) is 0 Å². The predicted molar refractivity (Wildman–Crippen MR) is 50.7 cm³/mol. The van der Waals surface area contributed by atoms with Crippen molar-refractivity contribution in [1.82, 2.24) is 14.8 Å². The lowest BCUT2D eigenvalue weighted by Crippen LogP contribution is -1.94. The average molecular weight is 228 g/mol. The number of aryl methyl sites for hydroxylation is 1. The molecule has 0 saturated heterocycles. The van der Waals surface area contributed by atoms with Gasteiger partial charge in [0.2, 0.25) is 11.7 Å². The van der Waals surface area contributed by atoms with Crippen LogP contribution in [0.25, 0.3) is 11.6 Å². The molecule has 2 aromatic rings. The second kappa shape index (κ2) is 3.39. The van der Waals surface area contributed by atoms with Crippen LogP contribution < -0.4 is 0 Å². The Bertz CT molecular complexity index is 497. The van der Waals surface area contributed by atoms with Gasteiger partial charge in [-0.3, -0.25) is 4.68 Å². The quantitative estimate of drug-likeness (QED) is 0.839. The van der Waals surface area contributed by atoms with Crippen LogP contribution in [0.1, 0.15) is 10.6 Å². The Morgan fingerprint density at radius 3 is 2.80 bits per heavy atom. The number of aromatic nitrogens is 3. The van der Waals surface area contributed by atoms with Crippen LogP contribution >= 0.6 is 11.6 Å². The highest BCUT2D eigenvalue weighted by Crippen LogP contribution is 2.26. The summed E-state index contributed by atoms with van der Waals surface area (Å²) in [5.74, 6) is -1.27. The Hall–Kier alpha value is -1.82. The standard InChI is InChI=1S/C8H6ClN3O3/c1-12-6(4(9)2-11-12)7-10-3-5(15-7)8(13)14/h2-3H,1H3,(H,13,14). The first-order valence-electron chi connectivity index (χ1n) is 3.96. The van der Waals surface area contributed by atoms with Crippen molar-refractivity contribution >= 4 is 17.6 Å². The van der Waals surface area contributed by atoms with Gasteiger partial charge < -0.3 is 9.52 Å². The van der Waals surface area contributed by atoms with E-state index in [0.717, 1.165) is 6.20 Å². The molecule has 7 heteroatoms. The Balaban J connectivity index is 2.50. The Labute approximate surface area is 89.1 Å². The fourth-order valence-electron chi connectivity index (χ4n) is 1.13. The van der Waals surface area contributed by atoms with E-state index in [-0.39, 0.29) is 11.7 Å². The fourth-order valence-corrected chi connectivity index (χ4v) is 1.38. The summed E-state index contributed by atoms with van der Waals surface area (Å²) in [6.07, 6.45) is 2.56. The van der Waals surface area contributed by atoms with Gasteiger partial charge in [-0.2, -0.15) is 5.10 Å². The number of carbonyl (C=O) groups is 1. The highest BCUT2D eigenvalue weighted by atomic mass is 35.5. The van der Waals surface area contributed by atoms with Crippen LogP contribution in [0.15, 0.2) is 16.8 Å². The molecular weight excluding hydrogens is 222 g/mol. The molecule has 0 bridgehead atoms. The zero-order valence-electron chi connectivity index (χ0n) is 7.64. The zero-order chi connectivity index (χ0) is 11.0. The minimum atomic E-state index is -1.17. The molecule has 0 spiro atoms. The molecule has 0 atom stereocenters. The summed E-state index contributed by atoms with van der Waals surface area (Å²) in [6, 6.07) is 0. The second-order valence-corrected chi connectivity index (χ2v) is 3.21. The first-order valence-corrected chi connectivity index (χ1v) is 4.34. The van der Waals surface area contributed by atoms with E-state index in [9.17, 15) is 4.79 Å².